The second-order valence-corrected chi connectivity index (χ2v) is 4.85. The highest BCUT2D eigenvalue weighted by atomic mass is 16.1. The molecule has 0 aliphatic heterocycles. The number of Topliss-reactive ketones (excluding diaryl/α,β-unsaturated/α-hetero) is 1. The van der Waals surface area contributed by atoms with Gasteiger partial charge in [-0.25, -0.2) is 0 Å². The Balaban J connectivity index is 2.58. The molecule has 0 aromatic heterocycles. The molecule has 0 spiro atoms. The minimum absolute atomic E-state index is 0.303. The van der Waals surface area contributed by atoms with Crippen molar-refractivity contribution in [1.82, 2.24) is 5.23 Å². The molecule has 0 aromatic rings. The van der Waals surface area contributed by atoms with Crippen LogP contribution in [0.5, 0.6) is 0 Å². The zero-order valence-corrected chi connectivity index (χ0v) is 9.18. The van der Waals surface area contributed by atoms with E-state index in [4.69, 9.17) is 0 Å². The van der Waals surface area contributed by atoms with Crippen molar-refractivity contribution in [3.8, 4) is 0 Å². The van der Waals surface area contributed by atoms with Gasteiger partial charge in [-0.2, -0.15) is 0 Å². The largest absolute Gasteiger partial charge is 0.351 e. The second kappa shape index (κ2) is 3.83. The third kappa shape index (κ3) is 2.34. The number of hydrogen-bond donors (Lipinski definition) is 1. The average Bonchev–Trinajstić information content (AvgIpc) is 2.50. The Hall–Kier alpha value is -0.305. The van der Waals surface area contributed by atoms with E-state index in [1.807, 2.05) is 21.8 Å². The van der Waals surface area contributed by atoms with E-state index in [9.17, 15) is 4.79 Å². The van der Waals surface area contributed by atoms with Gasteiger partial charge < -0.3 is 5.23 Å². The van der Waals surface area contributed by atoms with Crippen molar-refractivity contribution in [3.63, 3.8) is 0 Å². The fourth-order valence-corrected chi connectivity index (χ4v) is 2.08. The van der Waals surface area contributed by atoms with Gasteiger partial charge >= 0.3 is 0 Å². The van der Waals surface area contributed by atoms with Crippen molar-refractivity contribution < 1.29 is 4.79 Å². The van der Waals surface area contributed by atoms with E-state index in [1.165, 1.54) is 6.42 Å². The average molecular weight is 181 g/mol. The highest BCUT2D eigenvalue weighted by molar-refractivity contribution is 6.08. The van der Waals surface area contributed by atoms with Crippen LogP contribution in [-0.2, 0) is 4.79 Å². The molecular formula is C10H20BNO. The van der Waals surface area contributed by atoms with Crippen molar-refractivity contribution in [2.75, 3.05) is 0 Å². The Morgan fingerprint density at radius 1 is 1.46 bits per heavy atom. The summed E-state index contributed by atoms with van der Waals surface area (Å²) in [6.07, 6.45) is 3.39. The molecule has 1 aliphatic rings. The lowest BCUT2D eigenvalue weighted by molar-refractivity contribution is -0.127. The van der Waals surface area contributed by atoms with Crippen molar-refractivity contribution in [3.05, 3.63) is 0 Å². The highest BCUT2D eigenvalue weighted by Gasteiger charge is 2.35. The van der Waals surface area contributed by atoms with E-state index in [-0.39, 0.29) is 5.54 Å². The summed E-state index contributed by atoms with van der Waals surface area (Å²) in [7, 11) is 1.86. The molecule has 0 heterocycles. The monoisotopic (exact) mass is 181 g/mol. The van der Waals surface area contributed by atoms with Crippen LogP contribution in [0.3, 0.4) is 0 Å². The van der Waals surface area contributed by atoms with Gasteiger partial charge in [-0.05, 0) is 39.0 Å². The normalized spacial score (nSPS) is 29.2. The number of nitrogens with one attached hydrogen (secondary N) is 1. The first-order valence-electron chi connectivity index (χ1n) is 5.20. The van der Waals surface area contributed by atoms with Crippen LogP contribution in [0.1, 0.15) is 40.0 Å². The minimum Gasteiger partial charge on any atom is -0.351 e. The molecule has 1 N–H and O–H groups in total. The summed E-state index contributed by atoms with van der Waals surface area (Å²) < 4.78 is 0. The van der Waals surface area contributed by atoms with E-state index in [2.05, 4.69) is 12.2 Å². The number of carbonyl (C=O) groups is 1. The van der Waals surface area contributed by atoms with E-state index in [0.717, 1.165) is 18.8 Å². The second-order valence-electron chi connectivity index (χ2n) is 4.85. The third-order valence-electron chi connectivity index (χ3n) is 3.31. The Kier molecular flexibility index (Phi) is 3.17. The molecule has 0 amide bonds. The summed E-state index contributed by atoms with van der Waals surface area (Å²) in [5.41, 5.74) is -0.339. The van der Waals surface area contributed by atoms with Gasteiger partial charge in [-0.1, -0.05) is 6.92 Å². The van der Waals surface area contributed by atoms with Gasteiger partial charge in [0.25, 0.3) is 0 Å². The summed E-state index contributed by atoms with van der Waals surface area (Å²) in [5, 5.41) is 3.08. The summed E-state index contributed by atoms with van der Waals surface area (Å²) in [5.74, 6) is 1.43. The van der Waals surface area contributed by atoms with E-state index >= 15 is 0 Å². The molecule has 1 rings (SSSR count). The third-order valence-corrected chi connectivity index (χ3v) is 3.31. The van der Waals surface area contributed by atoms with Gasteiger partial charge in [0.05, 0.1) is 5.54 Å². The molecule has 0 saturated heterocycles. The maximum absolute atomic E-state index is 12.0. The maximum atomic E-state index is 12.0. The Morgan fingerprint density at radius 3 is 2.46 bits per heavy atom. The predicted octanol–water partition coefficient (Wildman–Crippen LogP) is 0.908. The lowest BCUT2D eigenvalue weighted by Crippen LogP contribution is -2.48. The fraction of sp³-hybridized carbons (Fsp3) is 0.900. The molecule has 0 radical (unpaired) electrons. The minimum atomic E-state index is -0.339. The van der Waals surface area contributed by atoms with Gasteiger partial charge in [0.1, 0.15) is 0 Å². The molecule has 2 atom stereocenters. The topological polar surface area (TPSA) is 29.1 Å². The van der Waals surface area contributed by atoms with Crippen LogP contribution >= 0.6 is 0 Å². The first-order valence-corrected chi connectivity index (χ1v) is 5.20. The molecule has 1 fully saturated rings. The van der Waals surface area contributed by atoms with Crippen LogP contribution in [0, 0.1) is 11.8 Å². The molecule has 0 bridgehead atoms. The van der Waals surface area contributed by atoms with Crippen LogP contribution in [0.2, 0.25) is 0 Å². The zero-order valence-electron chi connectivity index (χ0n) is 9.18. The van der Waals surface area contributed by atoms with Crippen molar-refractivity contribution in [2.45, 2.75) is 45.6 Å². The standard InChI is InChI=1S/C10H20BNO/c1-7-4-5-8(6-7)9(13)10(2,3)12-11/h7-8,12H,4-6,11H2,1-3H3. The summed E-state index contributed by atoms with van der Waals surface area (Å²) >= 11 is 0. The summed E-state index contributed by atoms with van der Waals surface area (Å²) in [4.78, 5) is 12.0. The lowest BCUT2D eigenvalue weighted by atomic mass is 9.86. The Labute approximate surface area is 81.9 Å². The molecule has 2 nitrogen and oxygen atoms in total. The van der Waals surface area contributed by atoms with Gasteiger partial charge in [-0.15, -0.1) is 0 Å². The van der Waals surface area contributed by atoms with Crippen molar-refractivity contribution in [2.24, 2.45) is 11.8 Å². The molecule has 3 heteroatoms. The van der Waals surface area contributed by atoms with Crippen LogP contribution in [0.25, 0.3) is 0 Å². The highest BCUT2D eigenvalue weighted by Crippen LogP contribution is 2.33. The number of hydrogen-bond acceptors (Lipinski definition) is 2. The first-order chi connectivity index (χ1) is 5.97. The van der Waals surface area contributed by atoms with Crippen LogP contribution < -0.4 is 5.23 Å². The van der Waals surface area contributed by atoms with Gasteiger partial charge in [0, 0.05) is 5.92 Å². The van der Waals surface area contributed by atoms with E-state index in [0.29, 0.717) is 11.7 Å². The molecule has 2 unspecified atom stereocenters. The molecule has 74 valence electrons. The molecule has 1 aliphatic carbocycles. The Bertz CT molecular complexity index is 203. The first kappa shape index (κ1) is 10.8. The molecular weight excluding hydrogens is 161 g/mol. The summed E-state index contributed by atoms with van der Waals surface area (Å²) in [6, 6.07) is 0. The van der Waals surface area contributed by atoms with Crippen LogP contribution in [-0.4, -0.2) is 19.3 Å². The fourth-order valence-electron chi connectivity index (χ4n) is 2.08. The quantitative estimate of drug-likeness (QED) is 0.655. The van der Waals surface area contributed by atoms with Crippen molar-refractivity contribution in [1.29, 1.82) is 0 Å². The van der Waals surface area contributed by atoms with Gasteiger partial charge in [-0.3, -0.25) is 4.79 Å². The van der Waals surface area contributed by atoms with E-state index in [1.54, 1.807) is 0 Å². The lowest BCUT2D eigenvalue weighted by Gasteiger charge is -2.26. The molecule has 1 saturated carbocycles. The van der Waals surface area contributed by atoms with Gasteiger partial charge in [0.2, 0.25) is 0 Å². The number of ketones is 1. The molecule has 0 aromatic carbocycles. The van der Waals surface area contributed by atoms with Gasteiger partial charge in [0.15, 0.2) is 13.8 Å². The molecule has 13 heavy (non-hydrogen) atoms. The van der Waals surface area contributed by atoms with Crippen LogP contribution in [0.15, 0.2) is 0 Å². The number of rotatable bonds is 3. The number of carbonyl (C=O) groups excluding carboxylic acids is 1. The van der Waals surface area contributed by atoms with Crippen LogP contribution in [0.4, 0.5) is 0 Å². The van der Waals surface area contributed by atoms with E-state index < -0.39 is 0 Å². The SMILES string of the molecule is BNC(C)(C)C(=O)C1CCC(C)C1. The summed E-state index contributed by atoms with van der Waals surface area (Å²) in [6.45, 7) is 6.18. The van der Waals surface area contributed by atoms with Crippen molar-refractivity contribution >= 4 is 13.8 Å². The smallest absolute Gasteiger partial charge is 0.183 e. The maximum Gasteiger partial charge on any atom is 0.183 e. The predicted molar refractivity (Wildman–Crippen MR) is 57.3 cm³/mol. The Morgan fingerprint density at radius 2 is 2.08 bits per heavy atom. The zero-order chi connectivity index (χ0) is 10.1.